The third-order valence-corrected chi connectivity index (χ3v) is 4.20. The molecule has 0 radical (unpaired) electrons. The van der Waals surface area contributed by atoms with E-state index in [2.05, 4.69) is 0 Å². The van der Waals surface area contributed by atoms with Gasteiger partial charge in [0.1, 0.15) is 17.8 Å². The molecule has 0 unspecified atom stereocenters. The molecule has 5 nitrogen and oxygen atoms in total. The fourth-order valence-electron chi connectivity index (χ4n) is 1.90. The van der Waals surface area contributed by atoms with Crippen molar-refractivity contribution in [2.45, 2.75) is 11.3 Å². The summed E-state index contributed by atoms with van der Waals surface area (Å²) in [6, 6.07) is 13.2. The minimum atomic E-state index is -3.19. The van der Waals surface area contributed by atoms with Crippen LogP contribution in [0, 0.1) is 0 Å². The number of sulfone groups is 1. The molecule has 0 spiro atoms. The second-order valence-corrected chi connectivity index (χ2v) is 7.00. The van der Waals surface area contributed by atoms with Crippen LogP contribution in [0.3, 0.4) is 0 Å². The molecule has 0 atom stereocenters. The lowest BCUT2D eigenvalue weighted by atomic mass is 10.2. The number of hydrogen-bond donors (Lipinski definition) is 0. The van der Waals surface area contributed by atoms with Gasteiger partial charge in [0.15, 0.2) is 9.84 Å². The molecule has 0 amide bonds. The van der Waals surface area contributed by atoms with Gasteiger partial charge >= 0.3 is 0 Å². The molecular formula is C17H18O5S. The van der Waals surface area contributed by atoms with Crippen LogP contribution < -0.4 is 9.47 Å². The molecule has 0 aliphatic heterocycles. The summed E-state index contributed by atoms with van der Waals surface area (Å²) in [5, 5.41) is 0. The van der Waals surface area contributed by atoms with E-state index < -0.39 is 9.84 Å². The second-order valence-electron chi connectivity index (χ2n) is 4.98. The van der Waals surface area contributed by atoms with Crippen LogP contribution in [0.4, 0.5) is 0 Å². The molecule has 0 saturated heterocycles. The molecule has 0 heterocycles. The van der Waals surface area contributed by atoms with Crippen LogP contribution in [0.15, 0.2) is 53.4 Å². The van der Waals surface area contributed by atoms with Gasteiger partial charge in [0.25, 0.3) is 0 Å². The Morgan fingerprint density at radius 1 is 0.957 bits per heavy atom. The Hall–Kier alpha value is -2.34. The molecule has 0 N–H and O–H groups in total. The smallest absolute Gasteiger partial charge is 0.175 e. The van der Waals surface area contributed by atoms with Crippen molar-refractivity contribution in [1.82, 2.24) is 0 Å². The zero-order valence-corrected chi connectivity index (χ0v) is 13.6. The molecule has 0 aliphatic carbocycles. The quantitative estimate of drug-likeness (QED) is 0.548. The third-order valence-electron chi connectivity index (χ3n) is 3.07. The highest BCUT2D eigenvalue weighted by atomic mass is 32.2. The van der Waals surface area contributed by atoms with Gasteiger partial charge < -0.3 is 9.47 Å². The molecular weight excluding hydrogens is 316 g/mol. The molecule has 0 aromatic heterocycles. The van der Waals surface area contributed by atoms with E-state index in [4.69, 9.17) is 9.47 Å². The van der Waals surface area contributed by atoms with Gasteiger partial charge in [0, 0.05) is 18.2 Å². The molecule has 122 valence electrons. The third kappa shape index (κ3) is 5.41. The summed E-state index contributed by atoms with van der Waals surface area (Å²) in [5.41, 5.74) is 0.574. The van der Waals surface area contributed by atoms with Crippen molar-refractivity contribution in [3.05, 3.63) is 54.1 Å². The van der Waals surface area contributed by atoms with Crippen molar-refractivity contribution in [3.63, 3.8) is 0 Å². The van der Waals surface area contributed by atoms with Crippen LogP contribution in [0.25, 0.3) is 0 Å². The minimum Gasteiger partial charge on any atom is -0.493 e. The average Bonchev–Trinajstić information content (AvgIpc) is 2.54. The topological polar surface area (TPSA) is 69.7 Å². The number of ether oxygens (including phenoxy) is 2. The summed E-state index contributed by atoms with van der Waals surface area (Å²) >= 11 is 0. The van der Waals surface area contributed by atoms with Crippen LogP contribution in [0.5, 0.6) is 11.5 Å². The van der Waals surface area contributed by atoms with Gasteiger partial charge in [0.2, 0.25) is 0 Å². The number of benzene rings is 2. The maximum atomic E-state index is 11.3. The second kappa shape index (κ2) is 7.78. The van der Waals surface area contributed by atoms with E-state index in [-0.39, 0.29) is 4.90 Å². The van der Waals surface area contributed by atoms with Crippen LogP contribution in [0.2, 0.25) is 0 Å². The molecule has 2 rings (SSSR count). The Balaban J connectivity index is 1.74. The van der Waals surface area contributed by atoms with Crippen molar-refractivity contribution in [2.24, 2.45) is 0 Å². The number of hydrogen-bond acceptors (Lipinski definition) is 5. The van der Waals surface area contributed by atoms with E-state index in [1.807, 2.05) is 0 Å². The summed E-state index contributed by atoms with van der Waals surface area (Å²) < 4.78 is 33.7. The van der Waals surface area contributed by atoms with Gasteiger partial charge in [-0.3, -0.25) is 4.79 Å². The average molecular weight is 334 g/mol. The molecule has 23 heavy (non-hydrogen) atoms. The highest BCUT2D eigenvalue weighted by Crippen LogP contribution is 2.16. The van der Waals surface area contributed by atoms with Crippen LogP contribution in [0.1, 0.15) is 16.8 Å². The van der Waals surface area contributed by atoms with Crippen LogP contribution in [-0.4, -0.2) is 34.2 Å². The molecule has 0 bridgehead atoms. The van der Waals surface area contributed by atoms with Gasteiger partial charge in [-0.2, -0.15) is 0 Å². The fraction of sp³-hybridized carbons (Fsp3) is 0.235. The standard InChI is InChI=1S/C17H18O5S/c1-23(19,20)17-8-6-15(7-9-17)21-10-3-11-22-16-5-2-4-14(12-16)13-18/h2,4-9,12-13H,3,10-11H2,1H3. The summed E-state index contributed by atoms with van der Waals surface area (Å²) in [6.07, 6.45) is 2.61. The predicted octanol–water partition coefficient (Wildman–Crippen LogP) is 2.75. The molecule has 0 fully saturated rings. The van der Waals surface area contributed by atoms with Gasteiger partial charge in [-0.1, -0.05) is 12.1 Å². The number of aldehydes is 1. The Morgan fingerprint density at radius 2 is 1.61 bits per heavy atom. The predicted molar refractivity (Wildman–Crippen MR) is 87.0 cm³/mol. The maximum Gasteiger partial charge on any atom is 0.175 e. The van der Waals surface area contributed by atoms with Crippen molar-refractivity contribution < 1.29 is 22.7 Å². The van der Waals surface area contributed by atoms with Gasteiger partial charge in [-0.15, -0.1) is 0 Å². The van der Waals surface area contributed by atoms with E-state index in [0.29, 0.717) is 36.7 Å². The Kier molecular flexibility index (Phi) is 5.76. The Labute approximate surface area is 135 Å². The molecule has 2 aromatic rings. The maximum absolute atomic E-state index is 11.3. The lowest BCUT2D eigenvalue weighted by Gasteiger charge is -2.08. The first-order chi connectivity index (χ1) is 11.0. The van der Waals surface area contributed by atoms with Crippen molar-refractivity contribution in [3.8, 4) is 11.5 Å². The van der Waals surface area contributed by atoms with E-state index in [9.17, 15) is 13.2 Å². The van der Waals surface area contributed by atoms with Crippen LogP contribution in [-0.2, 0) is 9.84 Å². The first-order valence-corrected chi connectivity index (χ1v) is 8.99. The SMILES string of the molecule is CS(=O)(=O)c1ccc(OCCCOc2cccc(C=O)c2)cc1. The number of carbonyl (C=O) groups excluding carboxylic acids is 1. The van der Waals surface area contributed by atoms with Crippen molar-refractivity contribution in [1.29, 1.82) is 0 Å². The zero-order valence-electron chi connectivity index (χ0n) is 12.8. The highest BCUT2D eigenvalue weighted by molar-refractivity contribution is 7.90. The summed E-state index contributed by atoms with van der Waals surface area (Å²) in [6.45, 7) is 0.912. The summed E-state index contributed by atoms with van der Waals surface area (Å²) in [4.78, 5) is 10.9. The molecule has 0 aliphatic rings. The van der Waals surface area contributed by atoms with E-state index in [1.54, 1.807) is 36.4 Å². The van der Waals surface area contributed by atoms with Gasteiger partial charge in [-0.25, -0.2) is 8.42 Å². The number of rotatable bonds is 8. The Morgan fingerprint density at radius 3 is 2.22 bits per heavy atom. The van der Waals surface area contributed by atoms with E-state index in [1.165, 1.54) is 18.4 Å². The molecule has 6 heteroatoms. The summed E-state index contributed by atoms with van der Waals surface area (Å²) in [5.74, 6) is 1.26. The summed E-state index contributed by atoms with van der Waals surface area (Å²) in [7, 11) is -3.19. The molecule has 0 saturated carbocycles. The zero-order chi connectivity index (χ0) is 16.7. The lowest BCUT2D eigenvalue weighted by Crippen LogP contribution is -2.05. The highest BCUT2D eigenvalue weighted by Gasteiger charge is 2.06. The monoisotopic (exact) mass is 334 g/mol. The van der Waals surface area contributed by atoms with E-state index in [0.717, 1.165) is 6.29 Å². The van der Waals surface area contributed by atoms with E-state index >= 15 is 0 Å². The fourth-order valence-corrected chi connectivity index (χ4v) is 2.53. The van der Waals surface area contributed by atoms with Crippen molar-refractivity contribution >= 4 is 16.1 Å². The lowest BCUT2D eigenvalue weighted by molar-refractivity contribution is 0.112. The van der Waals surface area contributed by atoms with Crippen molar-refractivity contribution in [2.75, 3.05) is 19.5 Å². The van der Waals surface area contributed by atoms with Crippen LogP contribution >= 0.6 is 0 Å². The molecule has 2 aromatic carbocycles. The Bertz CT molecular complexity index is 751. The first-order valence-electron chi connectivity index (χ1n) is 7.10. The largest absolute Gasteiger partial charge is 0.493 e. The normalized spacial score (nSPS) is 11.0. The minimum absolute atomic E-state index is 0.267. The van der Waals surface area contributed by atoms with Gasteiger partial charge in [-0.05, 0) is 36.4 Å². The first kappa shape index (κ1) is 17.0. The number of carbonyl (C=O) groups is 1. The van der Waals surface area contributed by atoms with Gasteiger partial charge in [0.05, 0.1) is 18.1 Å².